The fraction of sp³-hybridized carbons (Fsp3) is 0.933. The number of rotatable bonds is 9. The first-order chi connectivity index (χ1) is 9.86. The van der Waals surface area contributed by atoms with Gasteiger partial charge in [0.15, 0.2) is 5.96 Å². The van der Waals surface area contributed by atoms with Gasteiger partial charge in [-0.1, -0.05) is 19.8 Å². The molecule has 0 spiro atoms. The van der Waals surface area contributed by atoms with Gasteiger partial charge in [-0.05, 0) is 32.4 Å². The zero-order valence-corrected chi connectivity index (χ0v) is 16.0. The van der Waals surface area contributed by atoms with Crippen molar-refractivity contribution in [1.82, 2.24) is 15.5 Å². The van der Waals surface area contributed by atoms with Crippen LogP contribution in [0.15, 0.2) is 4.99 Å². The lowest BCUT2D eigenvalue weighted by Gasteiger charge is -2.26. The molecule has 1 saturated heterocycles. The van der Waals surface area contributed by atoms with Gasteiger partial charge in [0.25, 0.3) is 0 Å². The lowest BCUT2D eigenvalue weighted by molar-refractivity contribution is 0.136. The minimum absolute atomic E-state index is 0. The SMILES string of the molecule is CCCCOCCNC(=NC)NCCN1CCCCC1.I. The number of aliphatic imine (C=N–C) groups is 1. The number of hydrogen-bond donors (Lipinski definition) is 2. The zero-order valence-electron chi connectivity index (χ0n) is 13.7. The van der Waals surface area contributed by atoms with Crippen molar-refractivity contribution < 1.29 is 4.74 Å². The molecule has 1 heterocycles. The fourth-order valence-electron chi connectivity index (χ4n) is 2.33. The number of nitrogens with one attached hydrogen (secondary N) is 2. The van der Waals surface area contributed by atoms with Gasteiger partial charge in [0.1, 0.15) is 0 Å². The normalized spacial score (nSPS) is 16.4. The molecule has 0 aromatic heterocycles. The number of ether oxygens (including phenoxy) is 1. The van der Waals surface area contributed by atoms with Crippen molar-refractivity contribution in [3.8, 4) is 0 Å². The van der Waals surface area contributed by atoms with Crippen molar-refractivity contribution in [1.29, 1.82) is 0 Å². The zero-order chi connectivity index (χ0) is 14.5. The number of likely N-dealkylation sites (tertiary alicyclic amines) is 1. The summed E-state index contributed by atoms with van der Waals surface area (Å²) in [5, 5.41) is 6.64. The Morgan fingerprint density at radius 3 is 2.48 bits per heavy atom. The third-order valence-electron chi connectivity index (χ3n) is 3.57. The molecule has 0 saturated carbocycles. The van der Waals surface area contributed by atoms with E-state index in [4.69, 9.17) is 4.74 Å². The van der Waals surface area contributed by atoms with Gasteiger partial charge >= 0.3 is 0 Å². The van der Waals surface area contributed by atoms with Crippen LogP contribution in [-0.2, 0) is 4.74 Å². The molecule has 0 aliphatic carbocycles. The molecular formula is C15H33IN4O. The summed E-state index contributed by atoms with van der Waals surface area (Å²) in [6, 6.07) is 0. The van der Waals surface area contributed by atoms with Crippen LogP contribution in [0.1, 0.15) is 39.0 Å². The molecule has 1 rings (SSSR count). The Kier molecular flexibility index (Phi) is 14.8. The molecule has 0 amide bonds. The van der Waals surface area contributed by atoms with E-state index in [2.05, 4.69) is 27.4 Å². The molecular weight excluding hydrogens is 379 g/mol. The molecule has 0 bridgehead atoms. The molecule has 0 atom stereocenters. The van der Waals surface area contributed by atoms with Crippen LogP contribution in [0.3, 0.4) is 0 Å². The summed E-state index contributed by atoms with van der Waals surface area (Å²) in [7, 11) is 1.81. The Morgan fingerprint density at radius 2 is 1.81 bits per heavy atom. The highest BCUT2D eigenvalue weighted by Crippen LogP contribution is 2.07. The molecule has 6 heteroatoms. The molecule has 1 aliphatic rings. The van der Waals surface area contributed by atoms with Gasteiger partial charge in [-0.25, -0.2) is 0 Å². The summed E-state index contributed by atoms with van der Waals surface area (Å²) in [4.78, 5) is 6.75. The lowest BCUT2D eigenvalue weighted by Crippen LogP contribution is -2.43. The molecule has 21 heavy (non-hydrogen) atoms. The highest BCUT2D eigenvalue weighted by atomic mass is 127. The smallest absolute Gasteiger partial charge is 0.191 e. The van der Waals surface area contributed by atoms with Gasteiger partial charge in [0.05, 0.1) is 6.61 Å². The summed E-state index contributed by atoms with van der Waals surface area (Å²) in [5.41, 5.74) is 0. The minimum atomic E-state index is 0. The molecule has 0 radical (unpaired) electrons. The minimum Gasteiger partial charge on any atom is -0.380 e. The second-order valence-corrected chi connectivity index (χ2v) is 5.29. The first-order valence-electron chi connectivity index (χ1n) is 8.11. The maximum atomic E-state index is 5.52. The predicted molar refractivity (Wildman–Crippen MR) is 101 cm³/mol. The monoisotopic (exact) mass is 412 g/mol. The van der Waals surface area contributed by atoms with Crippen LogP contribution in [0.2, 0.25) is 0 Å². The Hall–Kier alpha value is -0.0800. The summed E-state index contributed by atoms with van der Waals surface area (Å²) in [5.74, 6) is 0.876. The lowest BCUT2D eigenvalue weighted by atomic mass is 10.1. The third-order valence-corrected chi connectivity index (χ3v) is 3.57. The Labute approximate surface area is 147 Å². The highest BCUT2D eigenvalue weighted by molar-refractivity contribution is 14.0. The molecule has 1 fully saturated rings. The molecule has 5 nitrogen and oxygen atoms in total. The summed E-state index contributed by atoms with van der Waals surface area (Å²) in [6.07, 6.45) is 6.42. The van der Waals surface area contributed by atoms with Gasteiger partial charge in [-0.2, -0.15) is 0 Å². The highest BCUT2D eigenvalue weighted by Gasteiger charge is 2.09. The number of halogens is 1. The summed E-state index contributed by atoms with van der Waals surface area (Å²) in [6.45, 7) is 9.15. The van der Waals surface area contributed by atoms with E-state index in [1.54, 1.807) is 0 Å². The maximum absolute atomic E-state index is 5.52. The summed E-state index contributed by atoms with van der Waals surface area (Å²) < 4.78 is 5.52. The second-order valence-electron chi connectivity index (χ2n) is 5.29. The number of hydrogen-bond acceptors (Lipinski definition) is 3. The number of unbranched alkanes of at least 4 members (excludes halogenated alkanes) is 1. The average molecular weight is 412 g/mol. The maximum Gasteiger partial charge on any atom is 0.191 e. The van der Waals surface area contributed by atoms with E-state index in [0.717, 1.165) is 45.2 Å². The standard InChI is InChI=1S/C15H32N4O.HI/c1-3-4-13-20-14-9-18-15(16-2)17-8-12-19-10-6-5-7-11-19;/h3-14H2,1-2H3,(H2,16,17,18);1H. The van der Waals surface area contributed by atoms with Gasteiger partial charge < -0.3 is 20.3 Å². The van der Waals surface area contributed by atoms with Crippen LogP contribution >= 0.6 is 24.0 Å². The van der Waals surface area contributed by atoms with Gasteiger partial charge in [0.2, 0.25) is 0 Å². The molecule has 0 aromatic rings. The van der Waals surface area contributed by atoms with Crippen LogP contribution in [0.5, 0.6) is 0 Å². The average Bonchev–Trinajstić information content (AvgIpc) is 2.50. The van der Waals surface area contributed by atoms with E-state index in [1.807, 2.05) is 7.05 Å². The predicted octanol–water partition coefficient (Wildman–Crippen LogP) is 2.07. The van der Waals surface area contributed by atoms with Gasteiger partial charge in [-0.15, -0.1) is 24.0 Å². The van der Waals surface area contributed by atoms with Crippen LogP contribution in [-0.4, -0.2) is 63.8 Å². The quantitative estimate of drug-likeness (QED) is 0.264. The topological polar surface area (TPSA) is 48.9 Å². The Morgan fingerprint density at radius 1 is 1.10 bits per heavy atom. The third kappa shape index (κ3) is 11.2. The van der Waals surface area contributed by atoms with Crippen LogP contribution in [0.4, 0.5) is 0 Å². The first kappa shape index (κ1) is 20.9. The Bertz CT molecular complexity index is 258. The van der Waals surface area contributed by atoms with Crippen LogP contribution in [0.25, 0.3) is 0 Å². The first-order valence-corrected chi connectivity index (χ1v) is 8.11. The van der Waals surface area contributed by atoms with E-state index >= 15 is 0 Å². The van der Waals surface area contributed by atoms with E-state index in [1.165, 1.54) is 38.8 Å². The van der Waals surface area contributed by atoms with Gasteiger partial charge in [0, 0.05) is 33.3 Å². The van der Waals surface area contributed by atoms with Crippen LogP contribution in [0, 0.1) is 0 Å². The fourth-order valence-corrected chi connectivity index (χ4v) is 2.33. The largest absolute Gasteiger partial charge is 0.380 e. The van der Waals surface area contributed by atoms with Crippen molar-refractivity contribution >= 4 is 29.9 Å². The van der Waals surface area contributed by atoms with E-state index in [9.17, 15) is 0 Å². The van der Waals surface area contributed by atoms with E-state index < -0.39 is 0 Å². The van der Waals surface area contributed by atoms with Crippen molar-refractivity contribution in [2.45, 2.75) is 39.0 Å². The molecule has 0 unspecified atom stereocenters. The molecule has 1 aliphatic heterocycles. The molecule has 2 N–H and O–H groups in total. The second kappa shape index (κ2) is 14.8. The van der Waals surface area contributed by atoms with Crippen molar-refractivity contribution in [3.63, 3.8) is 0 Å². The van der Waals surface area contributed by atoms with E-state index in [0.29, 0.717) is 0 Å². The Balaban J connectivity index is 0.00000400. The summed E-state index contributed by atoms with van der Waals surface area (Å²) >= 11 is 0. The number of guanidine groups is 1. The van der Waals surface area contributed by atoms with Crippen molar-refractivity contribution in [3.05, 3.63) is 0 Å². The van der Waals surface area contributed by atoms with Crippen molar-refractivity contribution in [2.75, 3.05) is 53.0 Å². The molecule has 126 valence electrons. The van der Waals surface area contributed by atoms with Gasteiger partial charge in [-0.3, -0.25) is 4.99 Å². The van der Waals surface area contributed by atoms with Crippen LogP contribution < -0.4 is 10.6 Å². The number of nitrogens with zero attached hydrogens (tertiary/aromatic N) is 2. The van der Waals surface area contributed by atoms with E-state index in [-0.39, 0.29) is 24.0 Å². The van der Waals surface area contributed by atoms with Crippen molar-refractivity contribution in [2.24, 2.45) is 4.99 Å². The molecule has 0 aromatic carbocycles. The number of piperidine rings is 1.